The predicted molar refractivity (Wildman–Crippen MR) is 128 cm³/mol. The molecule has 0 spiro atoms. The number of amides is 1. The Morgan fingerprint density at radius 2 is 1.74 bits per heavy atom. The van der Waals surface area contributed by atoms with Crippen LogP contribution in [0.1, 0.15) is 18.1 Å². The third kappa shape index (κ3) is 6.68. The monoisotopic (exact) mass is 477 g/mol. The van der Waals surface area contributed by atoms with Gasteiger partial charge >= 0.3 is 0 Å². The van der Waals surface area contributed by atoms with E-state index in [-0.39, 0.29) is 10.5 Å². The molecule has 3 aromatic carbocycles. The second-order valence-electron chi connectivity index (χ2n) is 7.11. The van der Waals surface area contributed by atoms with Crippen molar-refractivity contribution in [1.29, 1.82) is 5.26 Å². The molecule has 0 aliphatic heterocycles. The van der Waals surface area contributed by atoms with Crippen LogP contribution in [-0.4, -0.2) is 20.9 Å². The predicted octanol–water partition coefficient (Wildman–Crippen LogP) is 3.86. The van der Waals surface area contributed by atoms with Crippen molar-refractivity contribution in [2.75, 3.05) is 11.9 Å². The molecular weight excluding hydrogens is 454 g/mol. The third-order valence-electron chi connectivity index (χ3n) is 4.62. The van der Waals surface area contributed by atoms with Gasteiger partial charge in [-0.1, -0.05) is 36.4 Å². The molecule has 0 atom stereocenters. The van der Waals surface area contributed by atoms with Gasteiger partial charge < -0.3 is 14.8 Å². The van der Waals surface area contributed by atoms with E-state index < -0.39 is 15.9 Å². The van der Waals surface area contributed by atoms with Crippen molar-refractivity contribution in [2.45, 2.75) is 18.4 Å². The standard InChI is InChI=1S/C25H23N3O5S/c1-2-32-24-15-19(8-13-23(24)33-17-18-6-4-3-5-7-18)14-20(16-26)25(29)28-21-9-11-22(12-10-21)34(27,30)31/h3-15H,2,17H2,1H3,(H,28,29)(H2,27,30,31)/b20-14+. The Bertz CT molecular complexity index is 1330. The van der Waals surface area contributed by atoms with Crippen molar-refractivity contribution in [3.8, 4) is 17.6 Å². The number of carbonyl (C=O) groups is 1. The fourth-order valence-corrected chi connectivity index (χ4v) is 3.49. The number of anilines is 1. The summed E-state index contributed by atoms with van der Waals surface area (Å²) in [6.45, 7) is 2.62. The van der Waals surface area contributed by atoms with Crippen LogP contribution in [0.3, 0.4) is 0 Å². The van der Waals surface area contributed by atoms with Gasteiger partial charge in [0.2, 0.25) is 10.0 Å². The number of nitrogens with one attached hydrogen (secondary N) is 1. The molecule has 1 amide bonds. The average molecular weight is 478 g/mol. The Balaban J connectivity index is 1.76. The number of primary sulfonamides is 1. The molecule has 0 saturated heterocycles. The van der Waals surface area contributed by atoms with Crippen LogP contribution in [0.4, 0.5) is 5.69 Å². The highest BCUT2D eigenvalue weighted by Gasteiger charge is 2.13. The lowest BCUT2D eigenvalue weighted by Crippen LogP contribution is -2.14. The van der Waals surface area contributed by atoms with Gasteiger partial charge in [0.1, 0.15) is 18.2 Å². The first-order valence-electron chi connectivity index (χ1n) is 10.3. The van der Waals surface area contributed by atoms with Gasteiger partial charge in [-0.05, 0) is 60.5 Å². The number of sulfonamides is 1. The number of nitrogens with two attached hydrogens (primary N) is 1. The molecule has 0 fully saturated rings. The first kappa shape index (κ1) is 24.5. The Hall–Kier alpha value is -4.13. The molecule has 0 heterocycles. The zero-order valence-corrected chi connectivity index (χ0v) is 19.2. The third-order valence-corrected chi connectivity index (χ3v) is 5.55. The highest BCUT2D eigenvalue weighted by molar-refractivity contribution is 7.89. The van der Waals surface area contributed by atoms with Gasteiger partial charge in [0.25, 0.3) is 5.91 Å². The van der Waals surface area contributed by atoms with E-state index in [1.165, 1.54) is 30.3 Å². The Morgan fingerprint density at radius 3 is 2.35 bits per heavy atom. The summed E-state index contributed by atoms with van der Waals surface area (Å²) in [4.78, 5) is 12.5. The fourth-order valence-electron chi connectivity index (χ4n) is 2.98. The molecule has 0 aliphatic carbocycles. The maximum atomic E-state index is 12.6. The molecule has 0 saturated carbocycles. The van der Waals surface area contributed by atoms with E-state index in [0.717, 1.165) is 5.56 Å². The number of nitrogens with zero attached hydrogens (tertiary/aromatic N) is 1. The molecule has 0 radical (unpaired) electrons. The molecule has 3 N–H and O–H groups in total. The summed E-state index contributed by atoms with van der Waals surface area (Å²) < 4.78 is 34.3. The van der Waals surface area contributed by atoms with Crippen molar-refractivity contribution in [1.82, 2.24) is 0 Å². The lowest BCUT2D eigenvalue weighted by molar-refractivity contribution is -0.112. The second-order valence-corrected chi connectivity index (χ2v) is 8.67. The van der Waals surface area contributed by atoms with Gasteiger partial charge in [-0.3, -0.25) is 4.79 Å². The van der Waals surface area contributed by atoms with E-state index in [2.05, 4.69) is 5.32 Å². The normalized spacial score (nSPS) is 11.4. The topological polar surface area (TPSA) is 132 Å². The quantitative estimate of drug-likeness (QED) is 0.355. The summed E-state index contributed by atoms with van der Waals surface area (Å²) in [5, 5.41) is 17.1. The average Bonchev–Trinajstić information content (AvgIpc) is 2.82. The Morgan fingerprint density at radius 1 is 1.03 bits per heavy atom. The summed E-state index contributed by atoms with van der Waals surface area (Å²) in [6, 6.07) is 22.0. The highest BCUT2D eigenvalue weighted by Crippen LogP contribution is 2.30. The Kier molecular flexibility index (Phi) is 8.03. The number of hydrogen-bond acceptors (Lipinski definition) is 6. The molecule has 0 aliphatic rings. The van der Waals surface area contributed by atoms with E-state index >= 15 is 0 Å². The molecule has 9 heteroatoms. The zero-order chi connectivity index (χ0) is 24.6. The van der Waals surface area contributed by atoms with Crippen LogP contribution < -0.4 is 19.9 Å². The van der Waals surface area contributed by atoms with Gasteiger partial charge in [0.05, 0.1) is 11.5 Å². The van der Waals surface area contributed by atoms with Gasteiger partial charge in [0.15, 0.2) is 11.5 Å². The van der Waals surface area contributed by atoms with Gasteiger partial charge in [-0.25, -0.2) is 13.6 Å². The molecule has 0 aromatic heterocycles. The van der Waals surface area contributed by atoms with Crippen LogP contribution in [-0.2, 0) is 21.4 Å². The first-order valence-corrected chi connectivity index (χ1v) is 11.8. The van der Waals surface area contributed by atoms with Crippen molar-refractivity contribution < 1.29 is 22.7 Å². The molecule has 0 unspecified atom stereocenters. The molecule has 34 heavy (non-hydrogen) atoms. The molecule has 3 aromatic rings. The van der Waals surface area contributed by atoms with Crippen LogP contribution in [0, 0.1) is 11.3 Å². The summed E-state index contributed by atoms with van der Waals surface area (Å²) in [5.74, 6) is 0.387. The molecular formula is C25H23N3O5S. The number of benzene rings is 3. The van der Waals surface area contributed by atoms with Crippen molar-refractivity contribution in [3.63, 3.8) is 0 Å². The minimum absolute atomic E-state index is 0.0837. The lowest BCUT2D eigenvalue weighted by atomic mass is 10.1. The van der Waals surface area contributed by atoms with E-state index in [9.17, 15) is 18.5 Å². The lowest BCUT2D eigenvalue weighted by Gasteiger charge is -2.13. The summed E-state index contributed by atoms with van der Waals surface area (Å²) >= 11 is 0. The smallest absolute Gasteiger partial charge is 0.266 e. The summed E-state index contributed by atoms with van der Waals surface area (Å²) in [7, 11) is -3.84. The van der Waals surface area contributed by atoms with Gasteiger partial charge in [0, 0.05) is 5.69 Å². The van der Waals surface area contributed by atoms with E-state index in [0.29, 0.717) is 36.0 Å². The van der Waals surface area contributed by atoms with Gasteiger partial charge in [-0.2, -0.15) is 5.26 Å². The number of ether oxygens (including phenoxy) is 2. The van der Waals surface area contributed by atoms with E-state index in [1.54, 1.807) is 18.2 Å². The molecule has 3 rings (SSSR count). The number of carbonyl (C=O) groups excluding carboxylic acids is 1. The number of rotatable bonds is 9. The van der Waals surface area contributed by atoms with Crippen molar-refractivity contribution in [2.24, 2.45) is 5.14 Å². The van der Waals surface area contributed by atoms with Crippen molar-refractivity contribution in [3.05, 3.63) is 89.5 Å². The van der Waals surface area contributed by atoms with Crippen molar-refractivity contribution >= 4 is 27.7 Å². The van der Waals surface area contributed by atoms with E-state index in [4.69, 9.17) is 14.6 Å². The van der Waals surface area contributed by atoms with E-state index in [1.807, 2.05) is 43.3 Å². The number of nitriles is 1. The maximum Gasteiger partial charge on any atom is 0.266 e. The zero-order valence-electron chi connectivity index (χ0n) is 18.4. The van der Waals surface area contributed by atoms with Crippen LogP contribution in [0.2, 0.25) is 0 Å². The van der Waals surface area contributed by atoms with Gasteiger partial charge in [-0.15, -0.1) is 0 Å². The first-order chi connectivity index (χ1) is 16.3. The summed E-state index contributed by atoms with van der Waals surface area (Å²) in [6.07, 6.45) is 1.43. The SMILES string of the molecule is CCOc1cc(/C=C(\C#N)C(=O)Nc2ccc(S(N)(=O)=O)cc2)ccc1OCc1ccccc1. The van der Waals surface area contributed by atoms with Crippen LogP contribution in [0.25, 0.3) is 6.08 Å². The fraction of sp³-hybridized carbons (Fsp3) is 0.120. The molecule has 174 valence electrons. The Labute approximate surface area is 198 Å². The molecule has 8 nitrogen and oxygen atoms in total. The minimum Gasteiger partial charge on any atom is -0.490 e. The minimum atomic E-state index is -3.84. The number of hydrogen-bond donors (Lipinski definition) is 2. The highest BCUT2D eigenvalue weighted by atomic mass is 32.2. The summed E-state index contributed by atoms with van der Waals surface area (Å²) in [5.41, 5.74) is 1.76. The maximum absolute atomic E-state index is 12.6. The van der Waals surface area contributed by atoms with Crippen LogP contribution in [0.15, 0.2) is 83.3 Å². The molecule has 0 bridgehead atoms. The van der Waals surface area contributed by atoms with Crippen LogP contribution in [0.5, 0.6) is 11.5 Å². The largest absolute Gasteiger partial charge is 0.490 e. The second kappa shape index (κ2) is 11.1. The van der Waals surface area contributed by atoms with Crippen LogP contribution >= 0.6 is 0 Å².